The number of rotatable bonds is 2. The van der Waals surface area contributed by atoms with Crippen LogP contribution in [0.15, 0.2) is 23.2 Å². The summed E-state index contributed by atoms with van der Waals surface area (Å²) in [5.41, 5.74) is 1.23. The maximum absolute atomic E-state index is 10.4. The van der Waals surface area contributed by atoms with Gasteiger partial charge in [-0.05, 0) is 31.3 Å². The molecule has 13 heavy (non-hydrogen) atoms. The van der Waals surface area contributed by atoms with E-state index in [1.54, 1.807) is 13.0 Å². The molecular weight excluding hydrogens is 188 g/mol. The first kappa shape index (κ1) is 9.51. The average Bonchev–Trinajstić information content (AvgIpc) is 2.04. The minimum atomic E-state index is -0.430. The Hall–Kier alpha value is -1.58. The molecular formula is C8H6N2O2S. The second kappa shape index (κ2) is 3.89. The van der Waals surface area contributed by atoms with Crippen LogP contribution in [-0.4, -0.2) is 10.1 Å². The fourth-order valence-electron chi connectivity index (χ4n) is 0.967. The third-order valence-corrected chi connectivity index (χ3v) is 1.64. The molecule has 0 spiro atoms. The molecule has 1 aromatic carbocycles. The molecule has 0 aliphatic rings. The first-order valence-electron chi connectivity index (χ1n) is 3.48. The topological polar surface area (TPSA) is 55.5 Å². The number of hydrogen-bond donors (Lipinski definition) is 0. The zero-order valence-electron chi connectivity index (χ0n) is 6.85. The third kappa shape index (κ3) is 2.18. The normalized spacial score (nSPS) is 9.00. The van der Waals surface area contributed by atoms with Crippen LogP contribution in [0.2, 0.25) is 0 Å². The second-order valence-electron chi connectivity index (χ2n) is 2.43. The van der Waals surface area contributed by atoms with Gasteiger partial charge in [-0.1, -0.05) is 0 Å². The fourth-order valence-corrected chi connectivity index (χ4v) is 1.07. The van der Waals surface area contributed by atoms with Crippen molar-refractivity contribution in [2.24, 2.45) is 4.99 Å². The minimum absolute atomic E-state index is 0.0864. The highest BCUT2D eigenvalue weighted by atomic mass is 32.1. The largest absolute Gasteiger partial charge is 0.272 e. The lowest BCUT2D eigenvalue weighted by atomic mass is 10.2. The molecule has 5 heteroatoms. The summed E-state index contributed by atoms with van der Waals surface area (Å²) in [6, 6.07) is 4.53. The Morgan fingerprint density at radius 3 is 2.77 bits per heavy atom. The number of hydrogen-bond acceptors (Lipinski definition) is 4. The minimum Gasteiger partial charge on any atom is -0.258 e. The number of isothiocyanates is 1. The standard InChI is InChI=1S/C8H6N2O2S/c1-6-4-7(9-5-13)2-3-8(6)10(11)12/h2-4H,1H3. The first-order valence-corrected chi connectivity index (χ1v) is 3.89. The molecule has 0 fully saturated rings. The summed E-state index contributed by atoms with van der Waals surface area (Å²) in [6.45, 7) is 1.65. The van der Waals surface area contributed by atoms with Crippen LogP contribution in [0, 0.1) is 17.0 Å². The van der Waals surface area contributed by atoms with Gasteiger partial charge in [-0.25, -0.2) is 0 Å². The number of aryl methyl sites for hydroxylation is 1. The molecule has 0 bridgehead atoms. The summed E-state index contributed by atoms with van der Waals surface area (Å²) in [5.74, 6) is 0. The van der Waals surface area contributed by atoms with Crippen LogP contribution in [-0.2, 0) is 0 Å². The van der Waals surface area contributed by atoms with E-state index in [4.69, 9.17) is 0 Å². The molecule has 0 saturated carbocycles. The molecule has 0 N–H and O–H groups in total. The van der Waals surface area contributed by atoms with Gasteiger partial charge in [0.05, 0.1) is 15.8 Å². The number of nitro benzene ring substituents is 1. The number of nitro groups is 1. The van der Waals surface area contributed by atoms with Gasteiger partial charge in [-0.2, -0.15) is 4.99 Å². The fraction of sp³-hybridized carbons (Fsp3) is 0.125. The molecule has 0 aromatic heterocycles. The molecule has 66 valence electrons. The molecule has 0 saturated heterocycles. The number of thiocarbonyl (C=S) groups is 1. The summed E-state index contributed by atoms with van der Waals surface area (Å²) in [5, 5.41) is 12.6. The molecule has 0 aliphatic carbocycles. The Bertz CT molecular complexity index is 397. The van der Waals surface area contributed by atoms with Gasteiger partial charge in [0.2, 0.25) is 0 Å². The highest BCUT2D eigenvalue weighted by Gasteiger charge is 2.09. The van der Waals surface area contributed by atoms with Crippen LogP contribution in [0.25, 0.3) is 0 Å². The Morgan fingerprint density at radius 2 is 2.31 bits per heavy atom. The average molecular weight is 194 g/mol. The van der Waals surface area contributed by atoms with Crippen molar-refractivity contribution in [3.05, 3.63) is 33.9 Å². The van der Waals surface area contributed by atoms with E-state index in [1.807, 2.05) is 0 Å². The van der Waals surface area contributed by atoms with Crippen molar-refractivity contribution in [3.8, 4) is 0 Å². The van der Waals surface area contributed by atoms with E-state index >= 15 is 0 Å². The van der Waals surface area contributed by atoms with Crippen LogP contribution in [0.5, 0.6) is 0 Å². The summed E-state index contributed by atoms with van der Waals surface area (Å²) < 4.78 is 0. The third-order valence-electron chi connectivity index (χ3n) is 1.55. The van der Waals surface area contributed by atoms with E-state index < -0.39 is 4.92 Å². The van der Waals surface area contributed by atoms with Crippen molar-refractivity contribution in [1.82, 2.24) is 0 Å². The van der Waals surface area contributed by atoms with Crippen molar-refractivity contribution in [1.29, 1.82) is 0 Å². The molecule has 4 nitrogen and oxygen atoms in total. The molecule has 0 aliphatic heterocycles. The zero-order chi connectivity index (χ0) is 9.84. The zero-order valence-corrected chi connectivity index (χ0v) is 7.67. The summed E-state index contributed by atoms with van der Waals surface area (Å²) >= 11 is 4.41. The molecule has 0 unspecified atom stereocenters. The molecule has 0 heterocycles. The van der Waals surface area contributed by atoms with Crippen LogP contribution in [0.4, 0.5) is 11.4 Å². The first-order chi connectivity index (χ1) is 6.15. The van der Waals surface area contributed by atoms with E-state index in [9.17, 15) is 10.1 Å². The Morgan fingerprint density at radius 1 is 1.62 bits per heavy atom. The summed E-state index contributed by atoms with van der Waals surface area (Å²) in [7, 11) is 0. The Balaban J connectivity index is 3.19. The Kier molecular flexibility index (Phi) is 2.84. The smallest absolute Gasteiger partial charge is 0.258 e. The van der Waals surface area contributed by atoms with Crippen LogP contribution in [0.3, 0.4) is 0 Å². The molecule has 1 rings (SSSR count). The number of aliphatic imine (C=N–C) groups is 1. The molecule has 0 atom stereocenters. The van der Waals surface area contributed by atoms with Gasteiger partial charge < -0.3 is 0 Å². The highest BCUT2D eigenvalue weighted by Crippen LogP contribution is 2.22. The molecule has 1 aromatic rings. The van der Waals surface area contributed by atoms with Crippen molar-refractivity contribution < 1.29 is 4.92 Å². The van der Waals surface area contributed by atoms with Crippen molar-refractivity contribution >= 4 is 28.8 Å². The van der Waals surface area contributed by atoms with Gasteiger partial charge >= 0.3 is 0 Å². The van der Waals surface area contributed by atoms with E-state index in [0.717, 1.165) is 0 Å². The van der Waals surface area contributed by atoms with E-state index in [1.165, 1.54) is 12.1 Å². The number of benzene rings is 1. The van der Waals surface area contributed by atoms with Gasteiger partial charge in [-0.3, -0.25) is 10.1 Å². The molecule has 0 radical (unpaired) electrons. The maximum Gasteiger partial charge on any atom is 0.272 e. The van der Waals surface area contributed by atoms with Crippen molar-refractivity contribution in [3.63, 3.8) is 0 Å². The predicted molar refractivity (Wildman–Crippen MR) is 52.5 cm³/mol. The molecule has 0 amide bonds. The van der Waals surface area contributed by atoms with E-state index in [0.29, 0.717) is 11.3 Å². The number of nitrogens with zero attached hydrogens (tertiary/aromatic N) is 2. The Labute approximate surface area is 80.1 Å². The maximum atomic E-state index is 10.4. The van der Waals surface area contributed by atoms with Crippen molar-refractivity contribution in [2.45, 2.75) is 6.92 Å². The lowest BCUT2D eigenvalue weighted by Crippen LogP contribution is -1.90. The van der Waals surface area contributed by atoms with Crippen LogP contribution < -0.4 is 0 Å². The van der Waals surface area contributed by atoms with Gasteiger partial charge in [0.25, 0.3) is 5.69 Å². The summed E-state index contributed by atoms with van der Waals surface area (Å²) in [6.07, 6.45) is 0. The van der Waals surface area contributed by atoms with Gasteiger partial charge in [0, 0.05) is 11.6 Å². The SMILES string of the molecule is Cc1cc(N=C=S)ccc1[N+](=O)[O-]. The van der Waals surface area contributed by atoms with E-state index in [2.05, 4.69) is 22.4 Å². The quantitative estimate of drug-likeness (QED) is 0.315. The highest BCUT2D eigenvalue weighted by molar-refractivity contribution is 7.78. The monoisotopic (exact) mass is 194 g/mol. The lowest BCUT2D eigenvalue weighted by molar-refractivity contribution is -0.385. The van der Waals surface area contributed by atoms with Gasteiger partial charge in [0.1, 0.15) is 0 Å². The lowest BCUT2D eigenvalue weighted by Gasteiger charge is -1.96. The van der Waals surface area contributed by atoms with Crippen LogP contribution in [0.1, 0.15) is 5.56 Å². The van der Waals surface area contributed by atoms with Crippen LogP contribution >= 0.6 is 12.2 Å². The predicted octanol–water partition coefficient (Wildman–Crippen LogP) is 2.64. The summed E-state index contributed by atoms with van der Waals surface area (Å²) in [4.78, 5) is 13.7. The van der Waals surface area contributed by atoms with Crippen molar-refractivity contribution in [2.75, 3.05) is 0 Å². The van der Waals surface area contributed by atoms with Gasteiger partial charge in [0.15, 0.2) is 0 Å². The van der Waals surface area contributed by atoms with Gasteiger partial charge in [-0.15, -0.1) is 0 Å². The van der Waals surface area contributed by atoms with E-state index in [-0.39, 0.29) is 5.69 Å². The second-order valence-corrected chi connectivity index (χ2v) is 2.61.